The largest absolute Gasteiger partial charge is 0.507 e. The number of amides is 1. The number of ether oxygens (including phenoxy) is 3. The Morgan fingerprint density at radius 2 is 1.36 bits per heavy atom. The number of aliphatic hydroxyl groups is 2. The van der Waals surface area contributed by atoms with Gasteiger partial charge in [-0.25, -0.2) is 0 Å². The topological polar surface area (TPSA) is 267 Å². The number of aryl methyl sites for hydroxylation is 3. The van der Waals surface area contributed by atoms with Crippen LogP contribution >= 0.6 is 0 Å². The first kappa shape index (κ1) is 52.1. The number of benzene rings is 3. The van der Waals surface area contributed by atoms with Gasteiger partial charge < -0.3 is 59.0 Å². The van der Waals surface area contributed by atoms with E-state index in [2.05, 4.69) is 10.6 Å². The third-order valence-electron chi connectivity index (χ3n) is 14.6. The van der Waals surface area contributed by atoms with E-state index >= 15 is 0 Å². The van der Waals surface area contributed by atoms with Gasteiger partial charge in [-0.2, -0.15) is 0 Å². The van der Waals surface area contributed by atoms with Crippen molar-refractivity contribution >= 4 is 46.8 Å². The average molecular weight is 1020 g/mol. The van der Waals surface area contributed by atoms with Crippen LogP contribution in [-0.2, 0) is 72.4 Å². The highest BCUT2D eigenvalue weighted by Crippen LogP contribution is 2.52. The van der Waals surface area contributed by atoms with Crippen LogP contribution in [0.5, 0.6) is 17.2 Å². The third-order valence-corrected chi connectivity index (χ3v) is 14.6. The van der Waals surface area contributed by atoms with Gasteiger partial charge in [0.25, 0.3) is 0 Å². The summed E-state index contributed by atoms with van der Waals surface area (Å²) < 4.78 is 22.9. The van der Waals surface area contributed by atoms with Crippen molar-refractivity contribution in [3.63, 3.8) is 0 Å². The van der Waals surface area contributed by atoms with E-state index in [1.165, 1.54) is 32.2 Å². The number of aromatic hydroxyl groups is 2. The number of hydrogen-bond acceptors (Lipinski definition) is 15. The summed E-state index contributed by atoms with van der Waals surface area (Å²) in [6.07, 6.45) is 0.811. The van der Waals surface area contributed by atoms with Crippen molar-refractivity contribution in [2.24, 2.45) is 21.1 Å². The van der Waals surface area contributed by atoms with Crippen LogP contribution in [0.15, 0.2) is 79.3 Å². The number of phenolic OH excluding ortho intramolecular Hbond substituents is 2. The highest BCUT2D eigenvalue weighted by Gasteiger charge is 2.49. The number of Topliss-reactive ketones (excluding diaryl/α,β-unsaturated/α-hetero) is 4. The molecular weight excluding hydrogens is 967 g/mol. The maximum atomic E-state index is 14.1. The number of fused-ring (bicyclic) bond motifs is 3. The van der Waals surface area contributed by atoms with Crippen molar-refractivity contribution < 1.29 is 68.2 Å². The molecule has 75 heavy (non-hydrogen) atoms. The molecule has 3 aliphatic rings. The Labute approximate surface area is 430 Å². The number of carbonyl (C=O) groups is 7. The summed E-state index contributed by atoms with van der Waals surface area (Å²) in [5, 5.41) is 52.4. The van der Waals surface area contributed by atoms with Crippen molar-refractivity contribution in [1.29, 1.82) is 0 Å². The van der Waals surface area contributed by atoms with Crippen molar-refractivity contribution in [1.82, 2.24) is 19.0 Å². The predicted octanol–water partition coefficient (Wildman–Crippen LogP) is 4.72. The number of anilines is 1. The highest BCUT2D eigenvalue weighted by atomic mass is 16.7. The summed E-state index contributed by atoms with van der Waals surface area (Å²) in [7, 11) is 6.52. The minimum atomic E-state index is -2.09. The first-order valence-corrected chi connectivity index (χ1v) is 24.4. The Kier molecular flexibility index (Phi) is 14.2. The Bertz CT molecular complexity index is 3330. The first-order valence-electron chi connectivity index (χ1n) is 24.4. The molecule has 3 aromatic carbocycles. The van der Waals surface area contributed by atoms with E-state index in [4.69, 9.17) is 14.2 Å². The molecule has 19 heteroatoms. The molecule has 0 saturated carbocycles. The minimum absolute atomic E-state index is 0.0328. The molecule has 1 aliphatic heterocycles. The molecule has 3 aromatic heterocycles. The normalized spacial score (nSPS) is 21.0. The fourth-order valence-corrected chi connectivity index (χ4v) is 10.7. The number of nitrogens with one attached hydrogen (secondary N) is 2. The summed E-state index contributed by atoms with van der Waals surface area (Å²) in [6.45, 7) is 3.11. The van der Waals surface area contributed by atoms with Crippen molar-refractivity contribution in [3.8, 4) is 17.2 Å². The number of carbonyl (C=O) groups excluding carboxylic acids is 7. The number of rotatable bonds is 18. The fraction of sp³-hybridized carbons (Fsp3) is 0.339. The van der Waals surface area contributed by atoms with Crippen LogP contribution in [0.4, 0.5) is 5.69 Å². The van der Waals surface area contributed by atoms with Crippen molar-refractivity contribution in [2.75, 3.05) is 12.4 Å². The molecule has 6 N–H and O–H groups in total. The maximum absolute atomic E-state index is 14.1. The molecule has 1 fully saturated rings. The Balaban J connectivity index is 0.834. The number of aromatic nitrogens is 3. The third kappa shape index (κ3) is 9.87. The van der Waals surface area contributed by atoms with E-state index in [-0.39, 0.29) is 84.0 Å². The molecule has 4 unspecified atom stereocenters. The summed E-state index contributed by atoms with van der Waals surface area (Å²) in [5.74, 6) is -3.91. The molecule has 6 aromatic rings. The van der Waals surface area contributed by atoms with Crippen LogP contribution in [0.25, 0.3) is 0 Å². The quantitative estimate of drug-likeness (QED) is 0.0386. The van der Waals surface area contributed by atoms with Gasteiger partial charge in [-0.05, 0) is 60.4 Å². The Hall–Kier alpha value is -7.81. The zero-order valence-corrected chi connectivity index (χ0v) is 42.1. The molecule has 1 saturated heterocycles. The smallest absolute Gasteiger partial charge is 0.211 e. The van der Waals surface area contributed by atoms with Gasteiger partial charge in [-0.1, -0.05) is 36.4 Å². The van der Waals surface area contributed by atoms with Crippen LogP contribution in [0.2, 0.25) is 0 Å². The lowest BCUT2D eigenvalue weighted by atomic mass is 9.72. The van der Waals surface area contributed by atoms with E-state index in [0.29, 0.717) is 40.3 Å². The van der Waals surface area contributed by atoms with E-state index < -0.39 is 82.6 Å². The molecule has 6 atom stereocenters. The van der Waals surface area contributed by atoms with E-state index in [1.807, 2.05) is 24.3 Å². The van der Waals surface area contributed by atoms with E-state index in [0.717, 1.165) is 11.1 Å². The van der Waals surface area contributed by atoms with Gasteiger partial charge in [-0.3, -0.25) is 33.6 Å². The number of ketones is 6. The summed E-state index contributed by atoms with van der Waals surface area (Å²) >= 11 is 0. The average Bonchev–Trinajstić information content (AvgIpc) is 4.06. The second-order valence-electron chi connectivity index (χ2n) is 19.8. The predicted molar refractivity (Wildman–Crippen MR) is 269 cm³/mol. The summed E-state index contributed by atoms with van der Waals surface area (Å²) in [5.41, 5.74) is 1.29. The van der Waals surface area contributed by atoms with Gasteiger partial charge >= 0.3 is 0 Å². The van der Waals surface area contributed by atoms with Crippen LogP contribution in [0, 0.1) is 0 Å². The number of aliphatic hydroxyl groups excluding tert-OH is 1. The van der Waals surface area contributed by atoms with Gasteiger partial charge in [-0.15, -0.1) is 0 Å². The lowest BCUT2D eigenvalue weighted by Gasteiger charge is -2.43. The van der Waals surface area contributed by atoms with Crippen LogP contribution in [0.3, 0.4) is 0 Å². The van der Waals surface area contributed by atoms with Gasteiger partial charge in [0.1, 0.15) is 22.8 Å². The van der Waals surface area contributed by atoms with Gasteiger partial charge in [0.05, 0.1) is 64.9 Å². The van der Waals surface area contributed by atoms with Crippen LogP contribution in [-0.4, -0.2) is 112 Å². The SMILES string of the molecule is COc1cccc2c1C(=O)c1c(O)c3c(c(O)c1C2=O)C[C@](O)(C(C)=O)C[C@@H]3OC1CC(NCc2ccc(CC(=O)c3cc(CC(=O)c4cc(CC(=O)c5cc(NC=O)cn5C)cn4C)cn3C)cc2)C(O)C(C)O1. The zero-order chi connectivity index (χ0) is 53.8. The second-order valence-corrected chi connectivity index (χ2v) is 19.8. The fourth-order valence-electron chi connectivity index (χ4n) is 10.7. The molecule has 1 amide bonds. The zero-order valence-electron chi connectivity index (χ0n) is 42.1. The summed E-state index contributed by atoms with van der Waals surface area (Å²) in [6, 6.07) is 16.2. The lowest BCUT2D eigenvalue weighted by molar-refractivity contribution is -0.249. The summed E-state index contributed by atoms with van der Waals surface area (Å²) in [4.78, 5) is 91.9. The Morgan fingerprint density at radius 3 is 1.96 bits per heavy atom. The molecule has 4 heterocycles. The highest BCUT2D eigenvalue weighted by molar-refractivity contribution is 6.31. The number of nitrogens with zero attached hydrogens (tertiary/aromatic N) is 3. The second kappa shape index (κ2) is 20.5. The maximum Gasteiger partial charge on any atom is 0.211 e. The molecule has 0 radical (unpaired) electrons. The monoisotopic (exact) mass is 1020 g/mol. The van der Waals surface area contributed by atoms with Crippen LogP contribution in [0.1, 0.15) is 129 Å². The number of methoxy groups -OCH3 is 1. The molecule has 0 bridgehead atoms. The van der Waals surface area contributed by atoms with E-state index in [9.17, 15) is 54.0 Å². The number of phenols is 2. The van der Waals surface area contributed by atoms with Gasteiger partial charge in [0, 0.05) is 108 Å². The molecule has 19 nitrogen and oxygen atoms in total. The molecule has 9 rings (SSSR count). The van der Waals surface area contributed by atoms with Crippen molar-refractivity contribution in [2.45, 2.75) is 95.2 Å². The lowest BCUT2D eigenvalue weighted by Crippen LogP contribution is -2.54. The van der Waals surface area contributed by atoms with E-state index in [1.54, 1.807) is 78.6 Å². The van der Waals surface area contributed by atoms with Gasteiger partial charge in [0.2, 0.25) is 12.2 Å². The Morgan fingerprint density at radius 1 is 0.787 bits per heavy atom. The van der Waals surface area contributed by atoms with Gasteiger partial charge in [0.15, 0.2) is 35.2 Å². The first-order chi connectivity index (χ1) is 35.7. The molecule has 0 spiro atoms. The molecular formula is C56H57N5O14. The standard InChI is InChI=1S/C56H57N5O14/c1-28-51(67)37(20-46(74-28)75-45-22-56(72,29(2)63)21-36-48(45)55(71)50-49(53(36)69)52(68)35-8-7-9-44(73-6)47(35)54(50)70)57-23-31-12-10-30(11-13-31)16-41(64)38-14-32(24-59(38)3)17-42(65)39-15-33(25-60(39)4)18-43(66)40-19-34(58-27-62)26-61(40)5/h7-15,19,24-28,37,45-46,51,57,67,69,71-72H,16-18,20-23H2,1-6H3,(H,58,62)/t28?,37?,45-,46?,51?,56+/m0/s1. The van der Waals surface area contributed by atoms with Crippen molar-refractivity contribution in [3.05, 3.63) is 152 Å². The molecule has 390 valence electrons. The number of hydrogen-bond donors (Lipinski definition) is 6. The minimum Gasteiger partial charge on any atom is -0.507 e. The van der Waals surface area contributed by atoms with Crippen LogP contribution < -0.4 is 15.4 Å². The molecule has 2 aliphatic carbocycles.